The van der Waals surface area contributed by atoms with E-state index >= 15 is 0 Å². The van der Waals surface area contributed by atoms with Gasteiger partial charge in [0.2, 0.25) is 0 Å². The van der Waals surface area contributed by atoms with Gasteiger partial charge in [-0.3, -0.25) is 4.79 Å². The molecule has 0 spiro atoms. The van der Waals surface area contributed by atoms with E-state index < -0.39 is 5.97 Å². The fraction of sp³-hybridized carbons (Fsp3) is 0.133. The molecule has 0 fully saturated rings. The van der Waals surface area contributed by atoms with E-state index in [4.69, 9.17) is 27.9 Å². The van der Waals surface area contributed by atoms with E-state index in [-0.39, 0.29) is 28.3 Å². The van der Waals surface area contributed by atoms with Crippen LogP contribution >= 0.6 is 23.2 Å². The van der Waals surface area contributed by atoms with E-state index in [0.29, 0.717) is 5.56 Å². The van der Waals surface area contributed by atoms with Crippen LogP contribution in [-0.4, -0.2) is 23.3 Å². The number of hydrogen-bond acceptors (Lipinski definition) is 4. The van der Waals surface area contributed by atoms with Crippen molar-refractivity contribution in [3.05, 3.63) is 63.4 Å². The molecular weight excluding hydrogens is 313 g/mol. The van der Waals surface area contributed by atoms with Crippen molar-refractivity contribution in [2.75, 3.05) is 6.61 Å². The average Bonchev–Trinajstić information content (AvgIpc) is 2.47. The third-order valence-electron chi connectivity index (χ3n) is 2.71. The third kappa shape index (κ3) is 4.03. The molecule has 0 aliphatic heterocycles. The molecule has 6 heteroatoms. The average molecular weight is 324 g/mol. The molecule has 21 heavy (non-hydrogen) atoms. The molecule has 0 saturated heterocycles. The Morgan fingerprint density at radius 3 is 2.43 bits per heavy atom. The van der Waals surface area contributed by atoms with Crippen LogP contribution in [0.2, 0.25) is 10.2 Å². The van der Waals surface area contributed by atoms with Gasteiger partial charge >= 0.3 is 5.97 Å². The first-order chi connectivity index (χ1) is 9.97. The number of ketones is 1. The van der Waals surface area contributed by atoms with Gasteiger partial charge in [0.05, 0.1) is 5.02 Å². The highest BCUT2D eigenvalue weighted by Gasteiger charge is 2.16. The summed E-state index contributed by atoms with van der Waals surface area (Å²) in [7, 11) is 0. The summed E-state index contributed by atoms with van der Waals surface area (Å²) in [6, 6.07) is 9.87. The van der Waals surface area contributed by atoms with Crippen LogP contribution in [0.4, 0.5) is 0 Å². The standard InChI is InChI=1S/C15H11Cl2NO3/c1-9-2-4-10(5-3-9)12(19)8-21-15(20)14-11(16)6-7-13(17)18-14/h2-7H,8H2,1H3. The summed E-state index contributed by atoms with van der Waals surface area (Å²) in [4.78, 5) is 27.5. The van der Waals surface area contributed by atoms with Gasteiger partial charge in [-0.05, 0) is 19.1 Å². The van der Waals surface area contributed by atoms with E-state index in [0.717, 1.165) is 5.56 Å². The van der Waals surface area contributed by atoms with Crippen molar-refractivity contribution in [2.24, 2.45) is 0 Å². The van der Waals surface area contributed by atoms with E-state index in [2.05, 4.69) is 4.98 Å². The molecule has 0 aliphatic carbocycles. The molecule has 2 rings (SSSR count). The van der Waals surface area contributed by atoms with Gasteiger partial charge in [0.1, 0.15) is 5.15 Å². The van der Waals surface area contributed by atoms with Crippen LogP contribution < -0.4 is 0 Å². The second-order valence-corrected chi connectivity index (χ2v) is 5.12. The van der Waals surface area contributed by atoms with Crippen LogP contribution in [0.3, 0.4) is 0 Å². The van der Waals surface area contributed by atoms with Gasteiger partial charge in [-0.25, -0.2) is 9.78 Å². The van der Waals surface area contributed by atoms with Crippen molar-refractivity contribution >= 4 is 35.0 Å². The van der Waals surface area contributed by atoms with Gasteiger partial charge in [0, 0.05) is 5.56 Å². The number of rotatable bonds is 4. The molecule has 1 aromatic heterocycles. The van der Waals surface area contributed by atoms with E-state index in [1.54, 1.807) is 12.1 Å². The molecule has 0 bridgehead atoms. The Bertz CT molecular complexity index is 684. The van der Waals surface area contributed by atoms with Gasteiger partial charge in [-0.1, -0.05) is 53.0 Å². The van der Waals surface area contributed by atoms with Gasteiger partial charge in [-0.15, -0.1) is 0 Å². The molecule has 4 nitrogen and oxygen atoms in total. The molecule has 1 aromatic carbocycles. The molecule has 0 N–H and O–H groups in total. The maximum atomic E-state index is 11.9. The van der Waals surface area contributed by atoms with Crippen molar-refractivity contribution in [1.82, 2.24) is 4.98 Å². The lowest BCUT2D eigenvalue weighted by atomic mass is 10.1. The quantitative estimate of drug-likeness (QED) is 0.488. The van der Waals surface area contributed by atoms with Gasteiger partial charge in [-0.2, -0.15) is 0 Å². The third-order valence-corrected chi connectivity index (χ3v) is 3.23. The predicted octanol–water partition coefficient (Wildman–Crippen LogP) is 3.74. The zero-order chi connectivity index (χ0) is 15.4. The fourth-order valence-electron chi connectivity index (χ4n) is 1.58. The molecule has 108 valence electrons. The summed E-state index contributed by atoms with van der Waals surface area (Å²) >= 11 is 11.5. The molecule has 0 atom stereocenters. The normalized spacial score (nSPS) is 10.2. The number of halogens is 2. The van der Waals surface area contributed by atoms with Gasteiger partial charge in [0.15, 0.2) is 18.1 Å². The number of benzene rings is 1. The summed E-state index contributed by atoms with van der Waals surface area (Å²) in [5, 5.41) is 0.239. The number of Topliss-reactive ketones (excluding diaryl/α,β-unsaturated/α-hetero) is 1. The van der Waals surface area contributed by atoms with Crippen LogP contribution in [0.25, 0.3) is 0 Å². The Kier molecular flexibility index (Phi) is 4.94. The van der Waals surface area contributed by atoms with E-state index in [1.807, 2.05) is 19.1 Å². The summed E-state index contributed by atoms with van der Waals surface area (Å²) in [6.45, 7) is 1.54. The largest absolute Gasteiger partial charge is 0.453 e. The lowest BCUT2D eigenvalue weighted by Crippen LogP contribution is -2.15. The predicted molar refractivity (Wildman–Crippen MR) is 80.0 cm³/mol. The number of ether oxygens (including phenoxy) is 1. The summed E-state index contributed by atoms with van der Waals surface area (Å²) in [5.74, 6) is -1.09. The maximum Gasteiger partial charge on any atom is 0.359 e. The fourth-order valence-corrected chi connectivity index (χ4v) is 1.91. The number of aromatic nitrogens is 1. The van der Waals surface area contributed by atoms with E-state index in [1.165, 1.54) is 12.1 Å². The maximum absolute atomic E-state index is 11.9. The van der Waals surface area contributed by atoms with Crippen molar-refractivity contribution in [3.63, 3.8) is 0 Å². The Hall–Kier alpha value is -1.91. The topological polar surface area (TPSA) is 56.3 Å². The number of nitrogens with zero attached hydrogens (tertiary/aromatic N) is 1. The number of carbonyl (C=O) groups excluding carboxylic acids is 2. The smallest absolute Gasteiger partial charge is 0.359 e. The van der Waals surface area contributed by atoms with Gasteiger partial charge < -0.3 is 4.74 Å². The van der Waals surface area contributed by atoms with Crippen LogP contribution in [0, 0.1) is 6.92 Å². The minimum Gasteiger partial charge on any atom is -0.453 e. The molecule has 2 aromatic rings. The van der Waals surface area contributed by atoms with Crippen molar-refractivity contribution in [3.8, 4) is 0 Å². The number of pyridine rings is 1. The summed E-state index contributed by atoms with van der Waals surface area (Å²) < 4.78 is 4.92. The van der Waals surface area contributed by atoms with Crippen molar-refractivity contribution < 1.29 is 14.3 Å². The lowest BCUT2D eigenvalue weighted by Gasteiger charge is -2.05. The van der Waals surface area contributed by atoms with Crippen molar-refractivity contribution in [1.29, 1.82) is 0 Å². The Morgan fingerprint density at radius 2 is 1.76 bits per heavy atom. The monoisotopic (exact) mass is 323 g/mol. The number of carbonyl (C=O) groups is 2. The van der Waals surface area contributed by atoms with Crippen molar-refractivity contribution in [2.45, 2.75) is 6.92 Å². The molecule has 0 unspecified atom stereocenters. The molecular formula is C15H11Cl2NO3. The highest BCUT2D eigenvalue weighted by atomic mass is 35.5. The zero-order valence-corrected chi connectivity index (χ0v) is 12.6. The van der Waals surface area contributed by atoms with E-state index in [9.17, 15) is 9.59 Å². The lowest BCUT2D eigenvalue weighted by molar-refractivity contribution is 0.0469. The second kappa shape index (κ2) is 6.70. The Balaban J connectivity index is 2.02. The first-order valence-electron chi connectivity index (χ1n) is 6.06. The second-order valence-electron chi connectivity index (χ2n) is 4.33. The SMILES string of the molecule is Cc1ccc(C(=O)COC(=O)c2nc(Cl)ccc2Cl)cc1. The van der Waals surface area contributed by atoms with Gasteiger partial charge in [0.25, 0.3) is 0 Å². The van der Waals surface area contributed by atoms with Crippen LogP contribution in [0.5, 0.6) is 0 Å². The summed E-state index contributed by atoms with van der Waals surface area (Å²) in [5.41, 5.74) is 1.40. The summed E-state index contributed by atoms with van der Waals surface area (Å²) in [6.07, 6.45) is 0. The first-order valence-corrected chi connectivity index (χ1v) is 6.82. The highest BCUT2D eigenvalue weighted by molar-refractivity contribution is 6.34. The molecule has 1 heterocycles. The highest BCUT2D eigenvalue weighted by Crippen LogP contribution is 2.17. The first kappa shape index (κ1) is 15.5. The van der Waals surface area contributed by atoms with Crippen LogP contribution in [0.1, 0.15) is 26.4 Å². The minimum absolute atomic E-state index is 0.110. The Morgan fingerprint density at radius 1 is 1.10 bits per heavy atom. The van der Waals surface area contributed by atoms with Crippen LogP contribution in [-0.2, 0) is 4.74 Å². The van der Waals surface area contributed by atoms with Crippen LogP contribution in [0.15, 0.2) is 36.4 Å². The minimum atomic E-state index is -0.789. The molecule has 0 amide bonds. The number of hydrogen-bond donors (Lipinski definition) is 0. The number of esters is 1. The molecule has 0 saturated carbocycles. The zero-order valence-electron chi connectivity index (χ0n) is 11.1. The Labute approximate surface area is 131 Å². The number of aryl methyl sites for hydroxylation is 1. The molecule has 0 radical (unpaired) electrons. The molecule has 0 aliphatic rings.